The Balaban J connectivity index is 1.27. The number of nitrogens with one attached hydrogen (secondary N) is 2. The van der Waals surface area contributed by atoms with E-state index in [1.54, 1.807) is 7.05 Å². The summed E-state index contributed by atoms with van der Waals surface area (Å²) in [6, 6.07) is 16.3. The number of anilines is 1. The van der Waals surface area contributed by atoms with Gasteiger partial charge in [-0.05, 0) is 48.9 Å². The topological polar surface area (TPSA) is 66.0 Å². The maximum absolute atomic E-state index is 11.9. The molecule has 2 N–H and O–H groups in total. The summed E-state index contributed by atoms with van der Waals surface area (Å²) < 4.78 is 5.99. The highest BCUT2D eigenvalue weighted by Gasteiger charge is 2.22. The van der Waals surface area contributed by atoms with Crippen LogP contribution in [0.3, 0.4) is 0 Å². The Morgan fingerprint density at radius 2 is 1.87 bits per heavy atom. The van der Waals surface area contributed by atoms with Crippen LogP contribution in [0.2, 0.25) is 0 Å². The summed E-state index contributed by atoms with van der Waals surface area (Å²) in [4.78, 5) is 18.1. The van der Waals surface area contributed by atoms with Crippen LogP contribution < -0.4 is 20.3 Å². The molecule has 0 atom stereocenters. The largest absolute Gasteiger partial charge is 0.493 e. The summed E-state index contributed by atoms with van der Waals surface area (Å²) in [6.07, 6.45) is 4.16. The Hall–Kier alpha value is -3.02. The van der Waals surface area contributed by atoms with Gasteiger partial charge in [-0.15, -0.1) is 0 Å². The molecule has 1 amide bonds. The molecule has 1 saturated heterocycles. The minimum atomic E-state index is 0.215. The van der Waals surface area contributed by atoms with Gasteiger partial charge >= 0.3 is 0 Å². The third-order valence-corrected chi connectivity index (χ3v) is 5.60. The molecular formula is C24H30N4O2. The molecule has 1 saturated carbocycles. The summed E-state index contributed by atoms with van der Waals surface area (Å²) in [7, 11) is 1.77. The highest BCUT2D eigenvalue weighted by Crippen LogP contribution is 2.30. The number of para-hydroxylation sites is 1. The molecule has 0 radical (unpaired) electrons. The van der Waals surface area contributed by atoms with Crippen molar-refractivity contribution in [3.8, 4) is 5.75 Å². The van der Waals surface area contributed by atoms with E-state index < -0.39 is 0 Å². The first-order valence-corrected chi connectivity index (χ1v) is 10.8. The van der Waals surface area contributed by atoms with Gasteiger partial charge in [0, 0.05) is 44.4 Å². The van der Waals surface area contributed by atoms with E-state index in [4.69, 9.17) is 4.74 Å². The van der Waals surface area contributed by atoms with Gasteiger partial charge in [-0.1, -0.05) is 30.3 Å². The third-order valence-electron chi connectivity index (χ3n) is 5.60. The molecule has 1 heterocycles. The maximum Gasteiger partial charge on any atom is 0.227 e. The Morgan fingerprint density at radius 3 is 2.57 bits per heavy atom. The van der Waals surface area contributed by atoms with Crippen molar-refractivity contribution in [1.29, 1.82) is 0 Å². The zero-order chi connectivity index (χ0) is 20.8. The number of benzene rings is 2. The molecule has 2 fully saturated rings. The smallest absolute Gasteiger partial charge is 0.227 e. The van der Waals surface area contributed by atoms with Crippen molar-refractivity contribution in [1.82, 2.24) is 10.6 Å². The second kappa shape index (κ2) is 9.65. The number of ether oxygens (including phenoxy) is 1. The molecule has 0 spiro atoms. The molecule has 0 bridgehead atoms. The summed E-state index contributed by atoms with van der Waals surface area (Å²) in [6.45, 7) is 2.94. The van der Waals surface area contributed by atoms with Gasteiger partial charge in [-0.2, -0.15) is 0 Å². The van der Waals surface area contributed by atoms with E-state index in [9.17, 15) is 4.79 Å². The zero-order valence-electron chi connectivity index (χ0n) is 17.6. The zero-order valence-corrected chi connectivity index (χ0v) is 17.6. The Kier molecular flexibility index (Phi) is 6.52. The van der Waals surface area contributed by atoms with Crippen molar-refractivity contribution in [2.75, 3.05) is 25.1 Å². The number of carbonyl (C=O) groups excluding carboxylic acids is 1. The number of hydrogen-bond acceptors (Lipinski definition) is 3. The molecule has 1 aliphatic heterocycles. The first-order valence-electron chi connectivity index (χ1n) is 10.8. The lowest BCUT2D eigenvalue weighted by Gasteiger charge is -2.17. The van der Waals surface area contributed by atoms with Gasteiger partial charge in [0.2, 0.25) is 5.91 Å². The van der Waals surface area contributed by atoms with Crippen molar-refractivity contribution >= 4 is 17.6 Å². The van der Waals surface area contributed by atoms with Gasteiger partial charge in [0.1, 0.15) is 5.75 Å². The second-order valence-electron chi connectivity index (χ2n) is 7.96. The van der Waals surface area contributed by atoms with E-state index in [1.165, 1.54) is 12.8 Å². The van der Waals surface area contributed by atoms with Gasteiger partial charge < -0.3 is 20.3 Å². The fourth-order valence-electron chi connectivity index (χ4n) is 3.58. The molecule has 2 aliphatic rings. The number of amides is 1. The lowest BCUT2D eigenvalue weighted by atomic mass is 10.2. The van der Waals surface area contributed by atoms with Crippen LogP contribution in [0, 0.1) is 5.92 Å². The van der Waals surface area contributed by atoms with Crippen molar-refractivity contribution in [2.45, 2.75) is 38.8 Å². The molecule has 6 nitrogen and oxygen atoms in total. The van der Waals surface area contributed by atoms with E-state index in [0.29, 0.717) is 19.5 Å². The molecule has 158 valence electrons. The van der Waals surface area contributed by atoms with Gasteiger partial charge in [0.15, 0.2) is 5.96 Å². The number of guanidine groups is 1. The molecule has 0 aromatic heterocycles. The van der Waals surface area contributed by atoms with Crippen LogP contribution in [-0.4, -0.2) is 32.1 Å². The summed E-state index contributed by atoms with van der Waals surface area (Å²) >= 11 is 0. The summed E-state index contributed by atoms with van der Waals surface area (Å²) in [5, 5.41) is 6.72. The highest BCUT2D eigenvalue weighted by molar-refractivity contribution is 5.95. The van der Waals surface area contributed by atoms with Crippen LogP contribution in [0.1, 0.15) is 36.8 Å². The van der Waals surface area contributed by atoms with E-state index in [-0.39, 0.29) is 5.91 Å². The minimum absolute atomic E-state index is 0.215. The summed E-state index contributed by atoms with van der Waals surface area (Å²) in [5.74, 6) is 2.63. The summed E-state index contributed by atoms with van der Waals surface area (Å²) in [5.41, 5.74) is 3.24. The quantitative estimate of drug-likeness (QED) is 0.520. The number of nitrogens with zero attached hydrogens (tertiary/aromatic N) is 2. The first-order chi connectivity index (χ1) is 14.7. The van der Waals surface area contributed by atoms with Crippen molar-refractivity contribution in [3.63, 3.8) is 0 Å². The first kappa shape index (κ1) is 20.3. The predicted molar refractivity (Wildman–Crippen MR) is 120 cm³/mol. The average Bonchev–Trinajstić information content (AvgIpc) is 3.52. The van der Waals surface area contributed by atoms with Crippen LogP contribution in [0.25, 0.3) is 0 Å². The fraction of sp³-hybridized carbons (Fsp3) is 0.417. The predicted octanol–water partition coefficient (Wildman–Crippen LogP) is 3.47. The van der Waals surface area contributed by atoms with Crippen molar-refractivity contribution in [3.05, 3.63) is 59.7 Å². The number of rotatable bonds is 8. The number of carbonyl (C=O) groups is 1. The van der Waals surface area contributed by atoms with Crippen molar-refractivity contribution in [2.24, 2.45) is 10.9 Å². The molecule has 0 unspecified atom stereocenters. The second-order valence-corrected chi connectivity index (χ2v) is 7.96. The standard InChI is InChI=1S/C24H30N4O2/c1-25-24(27-16-20-5-2-3-6-22(20)30-17-19-8-9-19)26-15-18-10-12-21(13-11-18)28-14-4-7-23(28)29/h2-3,5-6,10-13,19H,4,7-9,14-17H2,1H3,(H2,25,26,27). The van der Waals surface area contributed by atoms with Gasteiger partial charge in [0.05, 0.1) is 6.61 Å². The van der Waals surface area contributed by atoms with E-state index >= 15 is 0 Å². The molecular weight excluding hydrogens is 376 g/mol. The highest BCUT2D eigenvalue weighted by atomic mass is 16.5. The average molecular weight is 407 g/mol. The van der Waals surface area contributed by atoms with E-state index in [2.05, 4.69) is 33.8 Å². The number of aliphatic imine (C=N–C) groups is 1. The fourth-order valence-corrected chi connectivity index (χ4v) is 3.58. The van der Waals surface area contributed by atoms with E-state index in [0.717, 1.165) is 54.0 Å². The lowest BCUT2D eigenvalue weighted by molar-refractivity contribution is -0.117. The Morgan fingerprint density at radius 1 is 1.10 bits per heavy atom. The minimum Gasteiger partial charge on any atom is -0.493 e. The Bertz CT molecular complexity index is 890. The van der Waals surface area contributed by atoms with Crippen LogP contribution in [0.5, 0.6) is 5.75 Å². The van der Waals surface area contributed by atoms with Gasteiger partial charge in [0.25, 0.3) is 0 Å². The molecule has 2 aromatic rings. The Labute approximate surface area is 178 Å². The molecule has 6 heteroatoms. The van der Waals surface area contributed by atoms with E-state index in [1.807, 2.05) is 35.2 Å². The molecule has 4 rings (SSSR count). The van der Waals surface area contributed by atoms with Crippen molar-refractivity contribution < 1.29 is 9.53 Å². The molecule has 2 aromatic carbocycles. The van der Waals surface area contributed by atoms with Crippen LogP contribution >= 0.6 is 0 Å². The van der Waals surface area contributed by atoms with Crippen LogP contribution in [0.4, 0.5) is 5.69 Å². The normalized spacial score (nSPS) is 16.6. The van der Waals surface area contributed by atoms with Gasteiger partial charge in [-0.25, -0.2) is 0 Å². The maximum atomic E-state index is 11.9. The van der Waals surface area contributed by atoms with Crippen LogP contribution in [0.15, 0.2) is 53.5 Å². The number of hydrogen-bond donors (Lipinski definition) is 2. The monoisotopic (exact) mass is 406 g/mol. The molecule has 1 aliphatic carbocycles. The van der Waals surface area contributed by atoms with Gasteiger partial charge in [-0.3, -0.25) is 9.79 Å². The van der Waals surface area contributed by atoms with Crippen LogP contribution in [-0.2, 0) is 17.9 Å². The third kappa shape index (κ3) is 5.32. The SMILES string of the molecule is CN=C(NCc1ccc(N2CCCC2=O)cc1)NCc1ccccc1OCC1CC1. The lowest BCUT2D eigenvalue weighted by Crippen LogP contribution is -2.36. The molecule has 30 heavy (non-hydrogen) atoms.